The number of hydrogen-bond acceptors (Lipinski definition) is 4. The molecule has 128 valence electrons. The summed E-state index contributed by atoms with van der Waals surface area (Å²) >= 11 is 1.42. The van der Waals surface area contributed by atoms with Crippen LogP contribution in [0.4, 0.5) is 10.7 Å². The van der Waals surface area contributed by atoms with Crippen LogP contribution >= 0.6 is 11.3 Å². The maximum Gasteiger partial charge on any atom is 0.230 e. The normalized spacial score (nSPS) is 16.8. The van der Waals surface area contributed by atoms with E-state index < -0.39 is 5.92 Å². The number of benzene rings is 1. The van der Waals surface area contributed by atoms with Crippen LogP contribution in [0.5, 0.6) is 0 Å². The predicted molar refractivity (Wildman–Crippen MR) is 98.7 cm³/mol. The lowest BCUT2D eigenvalue weighted by Crippen LogP contribution is -2.28. The number of carbonyl (C=O) groups excluding carboxylic acids is 2. The summed E-state index contributed by atoms with van der Waals surface area (Å²) in [6.45, 7) is 4.36. The molecule has 0 spiro atoms. The van der Waals surface area contributed by atoms with Gasteiger partial charge in [0, 0.05) is 23.5 Å². The molecule has 2 heterocycles. The number of rotatable bonds is 4. The first kappa shape index (κ1) is 17.2. The molecule has 0 aliphatic carbocycles. The fourth-order valence-corrected chi connectivity index (χ4v) is 3.81. The lowest BCUT2D eigenvalue weighted by Gasteiger charge is -2.16. The summed E-state index contributed by atoms with van der Waals surface area (Å²) < 4.78 is 0. The Hall–Kier alpha value is -2.65. The molecule has 2 aromatic rings. The fraction of sp³-hybridized carbons (Fsp3) is 0.316. The Balaban J connectivity index is 1.72. The zero-order valence-electron chi connectivity index (χ0n) is 14.2. The summed E-state index contributed by atoms with van der Waals surface area (Å²) in [6, 6.07) is 11.6. The Bertz CT molecular complexity index is 849. The molecule has 1 aliphatic heterocycles. The number of amides is 2. The van der Waals surface area contributed by atoms with Gasteiger partial charge in [-0.2, -0.15) is 5.26 Å². The van der Waals surface area contributed by atoms with E-state index in [0.717, 1.165) is 22.5 Å². The molecular weight excluding hydrogens is 334 g/mol. The van der Waals surface area contributed by atoms with E-state index in [1.54, 1.807) is 11.0 Å². The third-order valence-electron chi connectivity index (χ3n) is 4.33. The van der Waals surface area contributed by atoms with Gasteiger partial charge in [-0.1, -0.05) is 24.6 Å². The molecule has 1 atom stereocenters. The van der Waals surface area contributed by atoms with Gasteiger partial charge < -0.3 is 10.2 Å². The zero-order valence-corrected chi connectivity index (χ0v) is 15.0. The van der Waals surface area contributed by atoms with Crippen molar-refractivity contribution in [3.63, 3.8) is 0 Å². The van der Waals surface area contributed by atoms with Crippen molar-refractivity contribution in [1.29, 1.82) is 5.26 Å². The van der Waals surface area contributed by atoms with Crippen LogP contribution in [0.1, 0.15) is 29.3 Å². The summed E-state index contributed by atoms with van der Waals surface area (Å²) in [5.41, 5.74) is 2.42. The van der Waals surface area contributed by atoms with E-state index in [9.17, 15) is 14.9 Å². The first-order chi connectivity index (χ1) is 12.0. The second kappa shape index (κ2) is 7.08. The maximum atomic E-state index is 12.6. The standard InChI is InChI=1S/C19H19N3O2S/c1-3-16-8-13(10-20)19(25-16)21-18(24)14-9-17(23)22(11-14)15-6-4-12(2)5-7-15/h4-8,14H,3,9,11H2,1-2H3,(H,21,24). The van der Waals surface area contributed by atoms with Gasteiger partial charge in [-0.15, -0.1) is 11.3 Å². The number of carbonyl (C=O) groups is 2. The highest BCUT2D eigenvalue weighted by atomic mass is 32.1. The smallest absolute Gasteiger partial charge is 0.230 e. The van der Waals surface area contributed by atoms with Crippen molar-refractivity contribution in [1.82, 2.24) is 0 Å². The van der Waals surface area contributed by atoms with Crippen molar-refractivity contribution in [2.75, 3.05) is 16.8 Å². The highest BCUT2D eigenvalue weighted by Crippen LogP contribution is 2.30. The first-order valence-electron chi connectivity index (χ1n) is 8.22. The van der Waals surface area contributed by atoms with E-state index in [-0.39, 0.29) is 18.2 Å². The Morgan fingerprint density at radius 1 is 1.40 bits per heavy atom. The van der Waals surface area contributed by atoms with Crippen LogP contribution in [0.15, 0.2) is 30.3 Å². The third-order valence-corrected chi connectivity index (χ3v) is 5.53. The Morgan fingerprint density at radius 2 is 2.12 bits per heavy atom. The van der Waals surface area contributed by atoms with Gasteiger partial charge in [0.2, 0.25) is 11.8 Å². The summed E-state index contributed by atoms with van der Waals surface area (Å²) in [6.07, 6.45) is 1.01. The summed E-state index contributed by atoms with van der Waals surface area (Å²) in [5.74, 6) is -0.665. The minimum Gasteiger partial charge on any atom is -0.316 e. The average Bonchev–Trinajstić information content (AvgIpc) is 3.19. The number of thiophene rings is 1. The van der Waals surface area contributed by atoms with Crippen molar-refractivity contribution in [2.24, 2.45) is 5.92 Å². The van der Waals surface area contributed by atoms with E-state index in [2.05, 4.69) is 11.4 Å². The Morgan fingerprint density at radius 3 is 2.76 bits per heavy atom. The molecule has 1 aromatic carbocycles. The highest BCUT2D eigenvalue weighted by molar-refractivity contribution is 7.16. The lowest BCUT2D eigenvalue weighted by atomic mass is 10.1. The molecule has 1 unspecified atom stereocenters. The van der Waals surface area contributed by atoms with Gasteiger partial charge in [-0.3, -0.25) is 9.59 Å². The van der Waals surface area contributed by atoms with Crippen molar-refractivity contribution >= 4 is 33.8 Å². The number of nitriles is 1. The van der Waals surface area contributed by atoms with Crippen molar-refractivity contribution in [3.05, 3.63) is 46.3 Å². The predicted octanol–water partition coefficient (Wildman–Crippen LogP) is 3.48. The van der Waals surface area contributed by atoms with Gasteiger partial charge >= 0.3 is 0 Å². The molecule has 25 heavy (non-hydrogen) atoms. The molecule has 0 bridgehead atoms. The molecule has 1 saturated heterocycles. The molecule has 1 N–H and O–H groups in total. The van der Waals surface area contributed by atoms with E-state index in [1.807, 2.05) is 38.1 Å². The Kier molecular flexibility index (Phi) is 4.86. The maximum absolute atomic E-state index is 12.6. The van der Waals surface area contributed by atoms with Gasteiger partial charge in [0.05, 0.1) is 11.5 Å². The molecule has 0 radical (unpaired) electrons. The van der Waals surface area contributed by atoms with Crippen LogP contribution in [0.25, 0.3) is 0 Å². The van der Waals surface area contributed by atoms with E-state index in [1.165, 1.54) is 11.3 Å². The van der Waals surface area contributed by atoms with Gasteiger partial charge in [-0.05, 0) is 31.5 Å². The van der Waals surface area contributed by atoms with Crippen LogP contribution in [0.2, 0.25) is 0 Å². The Labute approximate surface area is 150 Å². The van der Waals surface area contributed by atoms with Gasteiger partial charge in [0.25, 0.3) is 0 Å². The van der Waals surface area contributed by atoms with Gasteiger partial charge in [0.1, 0.15) is 11.1 Å². The first-order valence-corrected chi connectivity index (χ1v) is 9.04. The molecule has 0 saturated carbocycles. The minimum atomic E-state index is -0.410. The third kappa shape index (κ3) is 3.57. The van der Waals surface area contributed by atoms with Crippen LogP contribution in [0.3, 0.4) is 0 Å². The number of hydrogen-bond donors (Lipinski definition) is 1. The summed E-state index contributed by atoms with van der Waals surface area (Å²) in [4.78, 5) is 27.6. The monoisotopic (exact) mass is 353 g/mol. The molecule has 3 rings (SSSR count). The van der Waals surface area contributed by atoms with Crippen LogP contribution in [0, 0.1) is 24.2 Å². The summed E-state index contributed by atoms with van der Waals surface area (Å²) in [7, 11) is 0. The van der Waals surface area contributed by atoms with Crippen LogP contribution in [-0.2, 0) is 16.0 Å². The number of nitrogens with one attached hydrogen (secondary N) is 1. The van der Waals surface area contributed by atoms with Gasteiger partial charge in [0.15, 0.2) is 0 Å². The number of anilines is 2. The fourth-order valence-electron chi connectivity index (χ4n) is 2.86. The molecule has 1 aliphatic rings. The molecule has 5 nitrogen and oxygen atoms in total. The SMILES string of the molecule is CCc1cc(C#N)c(NC(=O)C2CC(=O)N(c3ccc(C)cc3)C2)s1. The topological polar surface area (TPSA) is 73.2 Å². The van der Waals surface area contributed by atoms with Crippen LogP contribution < -0.4 is 10.2 Å². The summed E-state index contributed by atoms with van der Waals surface area (Å²) in [5, 5.41) is 12.6. The molecule has 2 amide bonds. The highest BCUT2D eigenvalue weighted by Gasteiger charge is 2.35. The van der Waals surface area contributed by atoms with Gasteiger partial charge in [-0.25, -0.2) is 0 Å². The second-order valence-corrected chi connectivity index (χ2v) is 7.29. The number of nitrogens with zero attached hydrogens (tertiary/aromatic N) is 2. The lowest BCUT2D eigenvalue weighted by molar-refractivity contribution is -0.122. The van der Waals surface area contributed by atoms with E-state index in [0.29, 0.717) is 17.1 Å². The molecule has 1 fully saturated rings. The average molecular weight is 353 g/mol. The van der Waals surface area contributed by atoms with E-state index in [4.69, 9.17) is 0 Å². The molecular formula is C19H19N3O2S. The van der Waals surface area contributed by atoms with E-state index >= 15 is 0 Å². The largest absolute Gasteiger partial charge is 0.316 e. The number of aryl methyl sites for hydroxylation is 2. The second-order valence-electron chi connectivity index (χ2n) is 6.15. The molecule has 6 heteroatoms. The van der Waals surface area contributed by atoms with Crippen LogP contribution in [-0.4, -0.2) is 18.4 Å². The zero-order chi connectivity index (χ0) is 18.0. The van der Waals surface area contributed by atoms with Crippen molar-refractivity contribution < 1.29 is 9.59 Å². The minimum absolute atomic E-state index is 0.0510. The van der Waals surface area contributed by atoms with Crippen molar-refractivity contribution in [3.8, 4) is 6.07 Å². The van der Waals surface area contributed by atoms with Crippen molar-refractivity contribution in [2.45, 2.75) is 26.7 Å². The molecule has 1 aromatic heterocycles. The quantitative estimate of drug-likeness (QED) is 0.914.